The third-order valence-electron chi connectivity index (χ3n) is 11.4. The molecule has 9 nitrogen and oxygen atoms in total. The standard InChI is InChI=1S/C33H42ClN7O2.C2H6/c1-4-27(42)39-18-32(19-39)15-24(16-32)41-22(3)28(29-25-17-35-36-26(25)14-21(2)30(29)34)31(37-41)40-11-10-38(20-33(40)8-5-9-33)23-6-12-43-13-7-23;1-2/h4,14,17,23-24H,1,5-13,15-16,18-20H2,2-3H3,(H,35,36);1-2H3. The molecule has 0 radical (unpaired) electrons. The van der Waals surface area contributed by atoms with Crippen LogP contribution in [0.5, 0.6) is 0 Å². The van der Waals surface area contributed by atoms with Crippen molar-refractivity contribution >= 4 is 34.2 Å². The van der Waals surface area contributed by atoms with Crippen molar-refractivity contribution in [3.63, 3.8) is 0 Å². The Hall–Kier alpha value is -2.88. The molecule has 0 bridgehead atoms. The molecule has 1 aromatic carbocycles. The van der Waals surface area contributed by atoms with Gasteiger partial charge >= 0.3 is 0 Å². The number of hydrogen-bond acceptors (Lipinski definition) is 6. The van der Waals surface area contributed by atoms with E-state index in [1.165, 1.54) is 31.0 Å². The molecule has 2 aromatic heterocycles. The van der Waals surface area contributed by atoms with Crippen molar-refractivity contribution in [1.82, 2.24) is 29.8 Å². The van der Waals surface area contributed by atoms with Gasteiger partial charge in [0.2, 0.25) is 5.91 Å². The largest absolute Gasteiger partial charge is 0.381 e. The monoisotopic (exact) mass is 633 g/mol. The number of piperazine rings is 1. The molecule has 0 unspecified atom stereocenters. The van der Waals surface area contributed by atoms with Crippen LogP contribution < -0.4 is 4.90 Å². The molecule has 5 heterocycles. The second kappa shape index (κ2) is 11.7. The maximum atomic E-state index is 12.1. The summed E-state index contributed by atoms with van der Waals surface area (Å²) in [6.07, 6.45) is 11.3. The van der Waals surface area contributed by atoms with Crippen LogP contribution in [0.15, 0.2) is 24.9 Å². The van der Waals surface area contributed by atoms with E-state index in [4.69, 9.17) is 21.4 Å². The summed E-state index contributed by atoms with van der Waals surface area (Å²) in [5, 5.41) is 15.0. The molecule has 1 N–H and O–H groups in total. The van der Waals surface area contributed by atoms with Gasteiger partial charge in [0.25, 0.3) is 0 Å². The Morgan fingerprint density at radius 1 is 1.09 bits per heavy atom. The van der Waals surface area contributed by atoms with Gasteiger partial charge in [-0.25, -0.2) is 0 Å². The van der Waals surface area contributed by atoms with Crippen molar-refractivity contribution in [2.45, 2.75) is 90.3 Å². The first kappa shape index (κ1) is 30.8. The molecule has 2 aliphatic carbocycles. The second-order valence-corrected chi connectivity index (χ2v) is 14.3. The van der Waals surface area contributed by atoms with Gasteiger partial charge in [-0.2, -0.15) is 10.2 Å². The van der Waals surface area contributed by atoms with Gasteiger partial charge in [0.05, 0.1) is 28.3 Å². The number of rotatable bonds is 5. The van der Waals surface area contributed by atoms with E-state index in [1.54, 1.807) is 0 Å². The van der Waals surface area contributed by atoms with Gasteiger partial charge in [-0.05, 0) is 76.5 Å². The van der Waals surface area contributed by atoms with Crippen molar-refractivity contribution in [3.05, 3.63) is 41.2 Å². The average molecular weight is 634 g/mol. The number of benzene rings is 1. The maximum Gasteiger partial charge on any atom is 0.245 e. The number of aryl methyl sites for hydroxylation is 1. The normalized spacial score (nSPS) is 23.0. The summed E-state index contributed by atoms with van der Waals surface area (Å²) in [5.41, 5.74) is 5.73. The highest BCUT2D eigenvalue weighted by molar-refractivity contribution is 6.36. The van der Waals surface area contributed by atoms with Crippen molar-refractivity contribution in [2.75, 3.05) is 50.8 Å². The lowest BCUT2D eigenvalue weighted by Gasteiger charge is -2.59. The Balaban J connectivity index is 0.00000160. The second-order valence-electron chi connectivity index (χ2n) is 13.9. The van der Waals surface area contributed by atoms with E-state index in [2.05, 4.69) is 51.2 Å². The fourth-order valence-electron chi connectivity index (χ4n) is 8.92. The van der Waals surface area contributed by atoms with E-state index in [0.29, 0.717) is 12.1 Å². The third kappa shape index (κ3) is 4.92. The zero-order valence-electron chi connectivity index (χ0n) is 27.4. The summed E-state index contributed by atoms with van der Waals surface area (Å²) in [7, 11) is 0. The number of carbonyl (C=O) groups excluding carboxylic acids is 1. The maximum absolute atomic E-state index is 12.1. The van der Waals surface area contributed by atoms with E-state index in [1.807, 2.05) is 24.9 Å². The van der Waals surface area contributed by atoms with Gasteiger partial charge in [0.15, 0.2) is 5.82 Å². The molecule has 242 valence electrons. The number of halogens is 1. The lowest BCUT2D eigenvalue weighted by molar-refractivity contribution is -0.149. The topological polar surface area (TPSA) is 82.5 Å². The van der Waals surface area contributed by atoms with Gasteiger partial charge in [-0.15, -0.1) is 0 Å². The molecular weight excluding hydrogens is 586 g/mol. The first-order valence-corrected chi connectivity index (χ1v) is 17.4. The van der Waals surface area contributed by atoms with Crippen molar-refractivity contribution in [1.29, 1.82) is 0 Å². The van der Waals surface area contributed by atoms with Crippen LogP contribution in [0.2, 0.25) is 5.02 Å². The summed E-state index contributed by atoms with van der Waals surface area (Å²) in [6.45, 7) is 18.5. The molecule has 1 amide bonds. The number of aromatic nitrogens is 4. The van der Waals surface area contributed by atoms with E-state index in [0.717, 1.165) is 110 Å². The van der Waals surface area contributed by atoms with E-state index < -0.39 is 0 Å². The summed E-state index contributed by atoms with van der Waals surface area (Å²) in [6, 6.07) is 3.03. The number of amides is 1. The number of nitrogens with zero attached hydrogens (tertiary/aromatic N) is 6. The Labute approximate surface area is 271 Å². The van der Waals surface area contributed by atoms with Gasteiger partial charge in [0.1, 0.15) is 0 Å². The van der Waals surface area contributed by atoms with Crippen LogP contribution in [0.3, 0.4) is 0 Å². The molecule has 5 fully saturated rings. The molecule has 3 aromatic rings. The number of aromatic amines is 1. The van der Waals surface area contributed by atoms with E-state index in [9.17, 15) is 4.79 Å². The van der Waals surface area contributed by atoms with Crippen LogP contribution in [-0.4, -0.2) is 93.2 Å². The van der Waals surface area contributed by atoms with Gasteiger partial charge in [-0.3, -0.25) is 19.5 Å². The number of nitrogens with one attached hydrogen (secondary N) is 1. The average Bonchev–Trinajstić information content (AvgIpc) is 3.60. The highest BCUT2D eigenvalue weighted by Crippen LogP contribution is 2.56. The Morgan fingerprint density at radius 2 is 1.82 bits per heavy atom. The molecule has 5 aliphatic rings. The Kier molecular flexibility index (Phi) is 8.02. The first-order chi connectivity index (χ1) is 21.8. The molecular formula is C35H48ClN7O2. The van der Waals surface area contributed by atoms with E-state index in [-0.39, 0.29) is 16.9 Å². The van der Waals surface area contributed by atoms with Gasteiger partial charge in [0, 0.05) is 79.6 Å². The number of anilines is 1. The minimum absolute atomic E-state index is 0.0397. The highest BCUT2D eigenvalue weighted by Gasteiger charge is 2.55. The van der Waals surface area contributed by atoms with Crippen LogP contribution in [0.4, 0.5) is 5.82 Å². The Bertz CT molecular complexity index is 1590. The minimum Gasteiger partial charge on any atom is -0.381 e. The highest BCUT2D eigenvalue weighted by atomic mass is 35.5. The number of fused-ring (bicyclic) bond motifs is 1. The minimum atomic E-state index is 0.0397. The Morgan fingerprint density at radius 3 is 2.49 bits per heavy atom. The number of H-pyrrole nitrogens is 1. The molecule has 2 spiro atoms. The molecule has 3 saturated heterocycles. The lowest BCUT2D eigenvalue weighted by Crippen LogP contribution is -2.67. The van der Waals surface area contributed by atoms with Crippen molar-refractivity contribution in [3.8, 4) is 11.1 Å². The zero-order chi connectivity index (χ0) is 31.5. The quantitative estimate of drug-likeness (QED) is 0.332. The molecule has 2 saturated carbocycles. The molecule has 0 atom stereocenters. The van der Waals surface area contributed by atoms with Crippen molar-refractivity contribution in [2.24, 2.45) is 5.41 Å². The summed E-state index contributed by atoms with van der Waals surface area (Å²) < 4.78 is 8.00. The van der Waals surface area contributed by atoms with Gasteiger partial charge in [-0.1, -0.05) is 32.0 Å². The smallest absolute Gasteiger partial charge is 0.245 e. The summed E-state index contributed by atoms with van der Waals surface area (Å²) in [5.74, 6) is 1.12. The lowest BCUT2D eigenvalue weighted by atomic mass is 9.60. The summed E-state index contributed by atoms with van der Waals surface area (Å²) >= 11 is 7.20. The van der Waals surface area contributed by atoms with Crippen LogP contribution >= 0.6 is 11.6 Å². The molecule has 10 heteroatoms. The number of hydrogen-bond donors (Lipinski definition) is 1. The number of carbonyl (C=O) groups is 1. The van der Waals surface area contributed by atoms with Crippen LogP contribution in [0.25, 0.3) is 22.0 Å². The molecule has 3 aliphatic heterocycles. The third-order valence-corrected chi connectivity index (χ3v) is 11.9. The fourth-order valence-corrected chi connectivity index (χ4v) is 9.17. The number of likely N-dealkylation sites (tertiary alicyclic amines) is 1. The first-order valence-electron chi connectivity index (χ1n) is 17.0. The summed E-state index contributed by atoms with van der Waals surface area (Å²) in [4.78, 5) is 19.5. The van der Waals surface area contributed by atoms with Gasteiger partial charge < -0.3 is 14.5 Å². The SMILES string of the molecule is C=CC(=O)N1CC2(CC(n3nc(N4CCN(C5CCOCC5)CC45CCC5)c(-c4c(Cl)c(C)cc5[nH]ncc45)c3C)C2)C1.CC. The number of ether oxygens (including phenoxy) is 1. The fraction of sp³-hybridized carbons (Fsp3) is 0.629. The van der Waals surface area contributed by atoms with Crippen LogP contribution in [0, 0.1) is 19.3 Å². The van der Waals surface area contributed by atoms with E-state index >= 15 is 0 Å². The predicted octanol–water partition coefficient (Wildman–Crippen LogP) is 6.30. The predicted molar refractivity (Wildman–Crippen MR) is 180 cm³/mol. The molecule has 8 rings (SSSR count). The van der Waals surface area contributed by atoms with Crippen LogP contribution in [-0.2, 0) is 9.53 Å². The zero-order valence-corrected chi connectivity index (χ0v) is 28.1. The van der Waals surface area contributed by atoms with Crippen molar-refractivity contribution < 1.29 is 9.53 Å². The molecule has 45 heavy (non-hydrogen) atoms. The van der Waals surface area contributed by atoms with Crippen LogP contribution in [0.1, 0.15) is 76.1 Å².